The minimum absolute atomic E-state index is 0.00671. The number of benzene rings is 1. The number of nitrogens with zero attached hydrogens (tertiary/aromatic N) is 2. The fourth-order valence-electron chi connectivity index (χ4n) is 4.87. The van der Waals surface area contributed by atoms with Crippen LogP contribution >= 0.6 is 0 Å². The van der Waals surface area contributed by atoms with Gasteiger partial charge in [-0.25, -0.2) is 18.2 Å². The molecule has 0 bridgehead atoms. The lowest BCUT2D eigenvalue weighted by atomic mass is 9.75. The van der Waals surface area contributed by atoms with Crippen LogP contribution in [0, 0.1) is 23.4 Å². The molecule has 0 saturated heterocycles. The van der Waals surface area contributed by atoms with Crippen molar-refractivity contribution >= 4 is 5.78 Å². The van der Waals surface area contributed by atoms with E-state index in [1.165, 1.54) is 6.07 Å². The molecule has 0 aliphatic heterocycles. The fraction of sp³-hybridized carbons (Fsp3) is 0.346. The number of carbonyl (C=O) groups is 1. The highest BCUT2D eigenvalue weighted by Crippen LogP contribution is 2.37. The number of rotatable bonds is 6. The number of Topliss-reactive ketones (excluding diaryl/α,β-unsaturated/α-hetero) is 1. The van der Waals surface area contributed by atoms with Crippen LogP contribution in [0.4, 0.5) is 13.2 Å². The second-order valence-corrected chi connectivity index (χ2v) is 9.06. The van der Waals surface area contributed by atoms with Crippen LogP contribution in [-0.2, 0) is 13.0 Å². The Labute approximate surface area is 195 Å². The maximum atomic E-state index is 14.5. The number of aliphatic hydroxyl groups excluding tert-OH is 1. The van der Waals surface area contributed by atoms with Crippen molar-refractivity contribution in [3.05, 3.63) is 82.6 Å². The Morgan fingerprint density at radius 2 is 1.82 bits per heavy atom. The molecule has 4 rings (SSSR count). The van der Waals surface area contributed by atoms with E-state index >= 15 is 0 Å². The van der Waals surface area contributed by atoms with E-state index in [2.05, 4.69) is 16.9 Å². The monoisotopic (exact) mass is 469 g/mol. The summed E-state index contributed by atoms with van der Waals surface area (Å²) in [5.74, 6) is -2.85. The van der Waals surface area contributed by atoms with E-state index in [9.17, 15) is 18.0 Å². The van der Waals surface area contributed by atoms with Gasteiger partial charge in [0.05, 0.1) is 12.2 Å². The van der Waals surface area contributed by atoms with Gasteiger partial charge in [-0.2, -0.15) is 0 Å². The van der Waals surface area contributed by atoms with Crippen LogP contribution < -0.4 is 5.73 Å². The molecule has 0 unspecified atom stereocenters. The van der Waals surface area contributed by atoms with Gasteiger partial charge >= 0.3 is 0 Å². The predicted octanol–water partition coefficient (Wildman–Crippen LogP) is 4.71. The van der Waals surface area contributed by atoms with Gasteiger partial charge in [0.25, 0.3) is 0 Å². The van der Waals surface area contributed by atoms with E-state index in [4.69, 9.17) is 10.8 Å². The summed E-state index contributed by atoms with van der Waals surface area (Å²) >= 11 is 0. The lowest BCUT2D eigenvalue weighted by molar-refractivity contribution is 0.0987. The Hall–Kier alpha value is -3.10. The maximum Gasteiger partial charge on any atom is 0.185 e. The SMILES string of the molecule is C[C@@H]1C[C@H](N)C[C@H](c2ccncc2CC(=O)c2ccc(F)c(-c3c(F)cc(CO)cc3F)n2)C1. The number of carbonyl (C=O) groups excluding carboxylic acids is 1. The van der Waals surface area contributed by atoms with E-state index in [1.54, 1.807) is 12.4 Å². The summed E-state index contributed by atoms with van der Waals surface area (Å²) in [6, 6.07) is 5.98. The summed E-state index contributed by atoms with van der Waals surface area (Å²) in [6.45, 7) is 1.59. The molecule has 178 valence electrons. The summed E-state index contributed by atoms with van der Waals surface area (Å²) in [7, 11) is 0. The number of pyridine rings is 2. The number of ketones is 1. The quantitative estimate of drug-likeness (QED) is 0.511. The summed E-state index contributed by atoms with van der Waals surface area (Å²) in [5, 5.41) is 9.13. The van der Waals surface area contributed by atoms with Crippen molar-refractivity contribution in [3.63, 3.8) is 0 Å². The van der Waals surface area contributed by atoms with Crippen LogP contribution in [0.3, 0.4) is 0 Å². The van der Waals surface area contributed by atoms with Gasteiger partial charge in [-0.05, 0) is 78.1 Å². The molecule has 3 N–H and O–H groups in total. The first-order chi connectivity index (χ1) is 16.3. The Morgan fingerprint density at radius 1 is 1.09 bits per heavy atom. The number of hydrogen-bond donors (Lipinski definition) is 2. The van der Waals surface area contributed by atoms with Crippen molar-refractivity contribution in [2.45, 2.75) is 51.2 Å². The Bertz CT molecular complexity index is 1180. The third kappa shape index (κ3) is 5.03. The number of aliphatic hydroxyl groups is 1. The molecule has 0 radical (unpaired) electrons. The summed E-state index contributed by atoms with van der Waals surface area (Å²) < 4.78 is 43.5. The number of aromatic nitrogens is 2. The standard InChI is InChI=1S/C26H26F3N3O2/c1-14-6-16(10-18(30)7-14)19-4-5-31-12-17(19)11-24(34)23-3-2-20(27)26(32-23)25-21(28)8-15(13-33)9-22(25)29/h2-5,8-9,12,14,16,18,33H,6-7,10-11,13,30H2,1H3/t14-,16+,18-/m0/s1. The molecule has 8 heteroatoms. The molecule has 2 heterocycles. The highest BCUT2D eigenvalue weighted by molar-refractivity contribution is 5.96. The number of halogens is 3. The molecule has 1 aromatic carbocycles. The van der Waals surface area contributed by atoms with Gasteiger partial charge < -0.3 is 10.8 Å². The van der Waals surface area contributed by atoms with Gasteiger partial charge in [-0.1, -0.05) is 6.92 Å². The highest BCUT2D eigenvalue weighted by atomic mass is 19.1. The van der Waals surface area contributed by atoms with Gasteiger partial charge in [0.15, 0.2) is 5.78 Å². The van der Waals surface area contributed by atoms with Gasteiger partial charge in [0.2, 0.25) is 0 Å². The summed E-state index contributed by atoms with van der Waals surface area (Å²) in [4.78, 5) is 21.2. The van der Waals surface area contributed by atoms with E-state index in [1.807, 2.05) is 6.07 Å². The molecule has 1 aliphatic rings. The molecule has 0 amide bonds. The van der Waals surface area contributed by atoms with E-state index < -0.39 is 41.1 Å². The van der Waals surface area contributed by atoms with Crippen molar-refractivity contribution in [1.29, 1.82) is 0 Å². The zero-order valence-electron chi connectivity index (χ0n) is 18.8. The minimum atomic E-state index is -1.07. The second kappa shape index (κ2) is 10.0. The molecule has 34 heavy (non-hydrogen) atoms. The highest BCUT2D eigenvalue weighted by Gasteiger charge is 2.28. The Balaban J connectivity index is 1.64. The molecular weight excluding hydrogens is 443 g/mol. The molecule has 1 fully saturated rings. The van der Waals surface area contributed by atoms with Crippen molar-refractivity contribution in [1.82, 2.24) is 9.97 Å². The molecule has 5 nitrogen and oxygen atoms in total. The first kappa shape index (κ1) is 24.0. The number of nitrogens with two attached hydrogens (primary N) is 1. The van der Waals surface area contributed by atoms with Crippen molar-refractivity contribution < 1.29 is 23.1 Å². The molecule has 3 aromatic rings. The van der Waals surface area contributed by atoms with Crippen LogP contribution in [0.5, 0.6) is 0 Å². The Kier molecular flexibility index (Phi) is 7.09. The van der Waals surface area contributed by atoms with Crippen LogP contribution in [0.1, 0.15) is 59.3 Å². The third-order valence-corrected chi connectivity index (χ3v) is 6.36. The lowest BCUT2D eigenvalue weighted by Gasteiger charge is -2.32. The average molecular weight is 470 g/mol. The summed E-state index contributed by atoms with van der Waals surface area (Å²) in [5.41, 5.74) is 6.58. The zero-order chi connectivity index (χ0) is 24.4. The van der Waals surface area contributed by atoms with Crippen LogP contribution in [0.15, 0.2) is 42.7 Å². The molecule has 1 aliphatic carbocycles. The van der Waals surface area contributed by atoms with Crippen LogP contribution in [-0.4, -0.2) is 26.9 Å². The predicted molar refractivity (Wildman–Crippen MR) is 121 cm³/mol. The normalized spacial score (nSPS) is 20.4. The van der Waals surface area contributed by atoms with E-state index in [-0.39, 0.29) is 29.6 Å². The third-order valence-electron chi connectivity index (χ3n) is 6.36. The zero-order valence-corrected chi connectivity index (χ0v) is 18.8. The molecular formula is C26H26F3N3O2. The smallest absolute Gasteiger partial charge is 0.185 e. The molecule has 1 saturated carbocycles. The van der Waals surface area contributed by atoms with Gasteiger partial charge in [0, 0.05) is 24.9 Å². The summed E-state index contributed by atoms with van der Waals surface area (Å²) in [6.07, 6.45) is 6.02. The fourth-order valence-corrected chi connectivity index (χ4v) is 4.87. The van der Waals surface area contributed by atoms with Gasteiger partial charge in [-0.3, -0.25) is 9.78 Å². The van der Waals surface area contributed by atoms with Crippen molar-refractivity contribution in [2.24, 2.45) is 11.7 Å². The van der Waals surface area contributed by atoms with Crippen molar-refractivity contribution in [2.75, 3.05) is 0 Å². The average Bonchev–Trinajstić information content (AvgIpc) is 2.79. The molecule has 3 atom stereocenters. The van der Waals surface area contributed by atoms with Gasteiger partial charge in [0.1, 0.15) is 28.8 Å². The number of hydrogen-bond acceptors (Lipinski definition) is 5. The van der Waals surface area contributed by atoms with Crippen LogP contribution in [0.2, 0.25) is 0 Å². The lowest BCUT2D eigenvalue weighted by Crippen LogP contribution is -2.31. The van der Waals surface area contributed by atoms with Crippen molar-refractivity contribution in [3.8, 4) is 11.3 Å². The topological polar surface area (TPSA) is 89.1 Å². The second-order valence-electron chi connectivity index (χ2n) is 9.06. The Morgan fingerprint density at radius 3 is 2.50 bits per heavy atom. The first-order valence-corrected chi connectivity index (χ1v) is 11.2. The largest absolute Gasteiger partial charge is 0.392 e. The minimum Gasteiger partial charge on any atom is -0.392 e. The van der Waals surface area contributed by atoms with Gasteiger partial charge in [-0.15, -0.1) is 0 Å². The maximum absolute atomic E-state index is 14.5. The molecule has 0 spiro atoms. The van der Waals surface area contributed by atoms with E-state index in [0.717, 1.165) is 48.6 Å². The van der Waals surface area contributed by atoms with Crippen LogP contribution in [0.25, 0.3) is 11.3 Å². The molecule has 2 aromatic heterocycles. The first-order valence-electron chi connectivity index (χ1n) is 11.2. The van der Waals surface area contributed by atoms with E-state index in [0.29, 0.717) is 5.92 Å².